The Bertz CT molecular complexity index is 1050. The van der Waals surface area contributed by atoms with Gasteiger partial charge in [0.1, 0.15) is 17.5 Å². The van der Waals surface area contributed by atoms with Gasteiger partial charge in [0.15, 0.2) is 5.82 Å². The SMILES string of the molecule is Cc1cc(F)ncc1N(C)c1cc2c(ncn2C)c(NC(=O)[C@H]2C[C@H]2F)n1. The van der Waals surface area contributed by atoms with Gasteiger partial charge in [-0.1, -0.05) is 0 Å². The summed E-state index contributed by atoms with van der Waals surface area (Å²) in [5, 5.41) is 2.69. The monoisotopic (exact) mass is 372 g/mol. The first-order valence-electron chi connectivity index (χ1n) is 8.48. The minimum atomic E-state index is -1.09. The van der Waals surface area contributed by atoms with Crippen molar-refractivity contribution in [1.82, 2.24) is 19.5 Å². The molecule has 27 heavy (non-hydrogen) atoms. The average molecular weight is 372 g/mol. The van der Waals surface area contributed by atoms with Crippen LogP contribution in [0.25, 0.3) is 11.0 Å². The fourth-order valence-corrected chi connectivity index (χ4v) is 3.01. The van der Waals surface area contributed by atoms with Crippen molar-refractivity contribution in [2.45, 2.75) is 19.5 Å². The molecule has 4 rings (SSSR count). The topological polar surface area (TPSA) is 75.9 Å². The Morgan fingerprint density at radius 2 is 2.11 bits per heavy atom. The first-order valence-corrected chi connectivity index (χ1v) is 8.48. The second-order valence-corrected chi connectivity index (χ2v) is 6.75. The van der Waals surface area contributed by atoms with E-state index in [0.717, 1.165) is 5.52 Å². The van der Waals surface area contributed by atoms with E-state index >= 15 is 0 Å². The number of imidazole rings is 1. The lowest BCUT2D eigenvalue weighted by Gasteiger charge is -2.21. The molecule has 1 aliphatic carbocycles. The molecular formula is C18H18F2N6O. The van der Waals surface area contributed by atoms with E-state index in [9.17, 15) is 13.6 Å². The van der Waals surface area contributed by atoms with Crippen molar-refractivity contribution >= 4 is 34.3 Å². The van der Waals surface area contributed by atoms with Crippen LogP contribution >= 0.6 is 0 Å². The maximum Gasteiger partial charge on any atom is 0.231 e. The maximum absolute atomic E-state index is 13.3. The average Bonchev–Trinajstić information content (AvgIpc) is 3.24. The summed E-state index contributed by atoms with van der Waals surface area (Å²) in [6, 6.07) is 3.15. The molecule has 9 heteroatoms. The molecule has 1 amide bonds. The zero-order valence-corrected chi connectivity index (χ0v) is 15.1. The zero-order chi connectivity index (χ0) is 19.3. The standard InChI is InChI=1S/C18H18F2N6O/c1-9-4-14(20)21-7-13(9)26(3)15-6-12-16(22-8-25(12)2)17(23-15)24-18(27)10-5-11(10)19/h4,6-8,10-11H,5H2,1-3H3,(H,23,24,27)/t10-,11+/m0/s1. The van der Waals surface area contributed by atoms with E-state index in [-0.39, 0.29) is 12.2 Å². The van der Waals surface area contributed by atoms with Crippen LogP contribution in [0.2, 0.25) is 0 Å². The Morgan fingerprint density at radius 1 is 1.37 bits per heavy atom. The van der Waals surface area contributed by atoms with Crippen molar-refractivity contribution in [3.63, 3.8) is 0 Å². The number of aromatic nitrogens is 4. The number of fused-ring (bicyclic) bond motifs is 1. The number of carbonyl (C=O) groups is 1. The molecule has 7 nitrogen and oxygen atoms in total. The third-order valence-corrected chi connectivity index (χ3v) is 4.74. The number of alkyl halides is 1. The Hall–Kier alpha value is -3.10. The smallest absolute Gasteiger partial charge is 0.231 e. The van der Waals surface area contributed by atoms with Crippen LogP contribution in [0.3, 0.4) is 0 Å². The van der Waals surface area contributed by atoms with Crippen LogP contribution in [0, 0.1) is 18.8 Å². The van der Waals surface area contributed by atoms with Gasteiger partial charge in [0.25, 0.3) is 0 Å². The molecule has 1 aliphatic rings. The van der Waals surface area contributed by atoms with E-state index in [0.29, 0.717) is 22.6 Å². The minimum Gasteiger partial charge on any atom is -0.334 e. The van der Waals surface area contributed by atoms with Crippen molar-refractivity contribution in [3.05, 3.63) is 36.2 Å². The van der Waals surface area contributed by atoms with Crippen molar-refractivity contribution in [2.75, 3.05) is 17.3 Å². The first kappa shape index (κ1) is 17.3. The van der Waals surface area contributed by atoms with Crippen LogP contribution < -0.4 is 10.2 Å². The Kier molecular flexibility index (Phi) is 4.01. The lowest BCUT2D eigenvalue weighted by molar-refractivity contribution is -0.117. The molecule has 2 atom stereocenters. The molecule has 0 spiro atoms. The molecule has 0 unspecified atom stereocenters. The maximum atomic E-state index is 13.3. The van der Waals surface area contributed by atoms with E-state index in [1.54, 1.807) is 29.8 Å². The van der Waals surface area contributed by atoms with Gasteiger partial charge in [-0.3, -0.25) is 4.79 Å². The number of nitrogens with zero attached hydrogens (tertiary/aromatic N) is 5. The largest absolute Gasteiger partial charge is 0.334 e. The van der Waals surface area contributed by atoms with Crippen LogP contribution in [0.5, 0.6) is 0 Å². The third kappa shape index (κ3) is 3.09. The van der Waals surface area contributed by atoms with Crippen LogP contribution in [0.15, 0.2) is 24.7 Å². The molecule has 1 N–H and O–H groups in total. The third-order valence-electron chi connectivity index (χ3n) is 4.74. The van der Waals surface area contributed by atoms with Gasteiger partial charge < -0.3 is 14.8 Å². The Labute approximate surface area is 154 Å². The highest BCUT2D eigenvalue weighted by Gasteiger charge is 2.44. The summed E-state index contributed by atoms with van der Waals surface area (Å²) >= 11 is 0. The van der Waals surface area contributed by atoms with Gasteiger partial charge in [-0.05, 0) is 25.0 Å². The minimum absolute atomic E-state index is 0.233. The van der Waals surface area contributed by atoms with E-state index in [1.165, 1.54) is 12.3 Å². The van der Waals surface area contributed by atoms with Crippen LogP contribution in [0.1, 0.15) is 12.0 Å². The quantitative estimate of drug-likeness (QED) is 0.713. The molecule has 0 bridgehead atoms. The molecule has 3 heterocycles. The number of halogens is 2. The molecular weight excluding hydrogens is 354 g/mol. The molecule has 1 fully saturated rings. The normalized spacial score (nSPS) is 18.6. The second kappa shape index (κ2) is 6.26. The van der Waals surface area contributed by atoms with Gasteiger partial charge in [0, 0.05) is 20.2 Å². The van der Waals surface area contributed by atoms with E-state index in [1.807, 2.05) is 13.1 Å². The van der Waals surface area contributed by atoms with E-state index in [4.69, 9.17) is 0 Å². The number of aryl methyl sites for hydroxylation is 2. The summed E-state index contributed by atoms with van der Waals surface area (Å²) < 4.78 is 28.3. The summed E-state index contributed by atoms with van der Waals surface area (Å²) in [6.07, 6.45) is 2.18. The summed E-state index contributed by atoms with van der Waals surface area (Å²) in [7, 11) is 3.60. The van der Waals surface area contributed by atoms with Crippen LogP contribution in [-0.4, -0.2) is 38.6 Å². The van der Waals surface area contributed by atoms with Crippen LogP contribution in [-0.2, 0) is 11.8 Å². The second-order valence-electron chi connectivity index (χ2n) is 6.75. The number of carbonyl (C=O) groups excluding carboxylic acids is 1. The highest BCUT2D eigenvalue weighted by molar-refractivity contribution is 6.01. The molecule has 3 aromatic rings. The van der Waals surface area contributed by atoms with Crippen molar-refractivity contribution < 1.29 is 13.6 Å². The number of hydrogen-bond donors (Lipinski definition) is 1. The molecule has 3 aromatic heterocycles. The summed E-state index contributed by atoms with van der Waals surface area (Å²) in [6.45, 7) is 1.77. The van der Waals surface area contributed by atoms with E-state index < -0.39 is 23.9 Å². The van der Waals surface area contributed by atoms with Crippen molar-refractivity contribution in [3.8, 4) is 0 Å². The number of pyridine rings is 2. The fraction of sp³-hybridized carbons (Fsp3) is 0.333. The van der Waals surface area contributed by atoms with Gasteiger partial charge in [0.2, 0.25) is 11.9 Å². The van der Waals surface area contributed by atoms with E-state index in [2.05, 4.69) is 20.3 Å². The first-order chi connectivity index (χ1) is 12.8. The fourth-order valence-electron chi connectivity index (χ4n) is 3.01. The molecule has 0 aromatic carbocycles. The number of amides is 1. The molecule has 0 radical (unpaired) electrons. The van der Waals surface area contributed by atoms with Gasteiger partial charge in [-0.2, -0.15) is 4.39 Å². The van der Waals surface area contributed by atoms with Crippen molar-refractivity contribution in [1.29, 1.82) is 0 Å². The van der Waals surface area contributed by atoms with Crippen molar-refractivity contribution in [2.24, 2.45) is 13.0 Å². The Morgan fingerprint density at radius 3 is 2.78 bits per heavy atom. The lowest BCUT2D eigenvalue weighted by Crippen LogP contribution is -2.18. The summed E-state index contributed by atoms with van der Waals surface area (Å²) in [4.78, 5) is 26.4. The Balaban J connectivity index is 1.76. The zero-order valence-electron chi connectivity index (χ0n) is 15.1. The number of hydrogen-bond acceptors (Lipinski definition) is 5. The summed E-state index contributed by atoms with van der Waals surface area (Å²) in [5.74, 6) is -0.799. The lowest BCUT2D eigenvalue weighted by atomic mass is 10.2. The summed E-state index contributed by atoms with van der Waals surface area (Å²) in [5.41, 5.74) is 2.64. The highest BCUT2D eigenvalue weighted by atomic mass is 19.1. The number of nitrogens with one attached hydrogen (secondary N) is 1. The number of rotatable bonds is 4. The van der Waals surface area contributed by atoms with Crippen LogP contribution in [0.4, 0.5) is 26.1 Å². The predicted molar refractivity (Wildman–Crippen MR) is 97.1 cm³/mol. The van der Waals surface area contributed by atoms with Gasteiger partial charge in [-0.25, -0.2) is 19.3 Å². The molecule has 1 saturated carbocycles. The molecule has 140 valence electrons. The number of anilines is 3. The van der Waals surface area contributed by atoms with Gasteiger partial charge >= 0.3 is 0 Å². The van der Waals surface area contributed by atoms with Gasteiger partial charge in [0.05, 0.1) is 29.6 Å². The predicted octanol–water partition coefficient (Wildman–Crippen LogP) is 2.88. The molecule has 0 aliphatic heterocycles. The van der Waals surface area contributed by atoms with Gasteiger partial charge in [-0.15, -0.1) is 0 Å². The highest BCUT2D eigenvalue weighted by Crippen LogP contribution is 2.36. The molecule has 0 saturated heterocycles.